The number of rotatable bonds is 14. The minimum atomic E-state index is -0.854. The van der Waals surface area contributed by atoms with Crippen molar-refractivity contribution >= 4 is 11.9 Å². The molecule has 0 saturated heterocycles. The van der Waals surface area contributed by atoms with Crippen LogP contribution in [0.15, 0.2) is 12.2 Å². The molecular formula is C22H38O4. The number of hydrogen-bond donors (Lipinski definition) is 1. The molecule has 2 unspecified atom stereocenters. The summed E-state index contributed by atoms with van der Waals surface area (Å²) < 4.78 is 5.34. The zero-order valence-electron chi connectivity index (χ0n) is 16.6. The molecule has 0 aromatic heterocycles. The summed E-state index contributed by atoms with van der Waals surface area (Å²) in [5.74, 6) is -2.14. The number of allylic oxidation sites excluding steroid dienone is 2. The number of aliphatic carboxylic acids is 1. The first-order valence-electron chi connectivity index (χ1n) is 10.7. The minimum Gasteiger partial charge on any atom is -0.481 e. The number of esters is 1. The second-order valence-electron chi connectivity index (χ2n) is 7.53. The Balaban J connectivity index is 1.96. The van der Waals surface area contributed by atoms with E-state index in [1.54, 1.807) is 0 Å². The van der Waals surface area contributed by atoms with Crippen molar-refractivity contribution in [3.05, 3.63) is 12.2 Å². The second-order valence-corrected chi connectivity index (χ2v) is 7.53. The van der Waals surface area contributed by atoms with E-state index in [4.69, 9.17) is 4.74 Å². The molecule has 0 aromatic carbocycles. The SMILES string of the molecule is CCC/C=C/CCCCCCCCCOC(=O)C1CCCCC1C(=O)O. The fraction of sp³-hybridized carbons (Fsp3) is 0.818. The third-order valence-electron chi connectivity index (χ3n) is 5.27. The first kappa shape index (κ1) is 22.7. The predicted molar refractivity (Wildman–Crippen MR) is 105 cm³/mol. The number of carboxylic acid groups (broad SMARTS) is 1. The zero-order valence-corrected chi connectivity index (χ0v) is 16.6. The van der Waals surface area contributed by atoms with Crippen LogP contribution < -0.4 is 0 Å². The lowest BCUT2D eigenvalue weighted by atomic mass is 9.79. The smallest absolute Gasteiger partial charge is 0.309 e. The zero-order chi connectivity index (χ0) is 19.0. The third-order valence-corrected chi connectivity index (χ3v) is 5.27. The van der Waals surface area contributed by atoms with E-state index in [1.807, 2.05) is 0 Å². The number of carbonyl (C=O) groups is 2. The average molecular weight is 367 g/mol. The maximum atomic E-state index is 12.1. The Hall–Kier alpha value is -1.32. The van der Waals surface area contributed by atoms with Crippen molar-refractivity contribution in [2.24, 2.45) is 11.8 Å². The van der Waals surface area contributed by atoms with E-state index in [2.05, 4.69) is 19.1 Å². The van der Waals surface area contributed by atoms with Gasteiger partial charge in [0.25, 0.3) is 0 Å². The number of carbonyl (C=O) groups excluding carboxylic acids is 1. The van der Waals surface area contributed by atoms with Crippen molar-refractivity contribution in [3.63, 3.8) is 0 Å². The predicted octanol–water partition coefficient (Wildman–Crippen LogP) is 5.90. The standard InChI is InChI=1S/C22H38O4/c1-2-3-4-5-6-7-8-9-10-11-12-15-18-26-22(25)20-17-14-13-16-19(20)21(23)24/h4-5,19-20H,2-3,6-18H2,1H3,(H,23,24)/b5-4+. The Morgan fingerprint density at radius 1 is 0.885 bits per heavy atom. The summed E-state index contributed by atoms with van der Waals surface area (Å²) >= 11 is 0. The van der Waals surface area contributed by atoms with Gasteiger partial charge in [-0.3, -0.25) is 9.59 Å². The monoisotopic (exact) mass is 366 g/mol. The molecule has 0 spiro atoms. The fourth-order valence-corrected chi connectivity index (χ4v) is 3.64. The molecule has 1 saturated carbocycles. The van der Waals surface area contributed by atoms with Gasteiger partial charge in [0.05, 0.1) is 18.4 Å². The molecular weight excluding hydrogens is 328 g/mol. The van der Waals surface area contributed by atoms with E-state index in [-0.39, 0.29) is 5.97 Å². The molecule has 0 aromatic rings. The van der Waals surface area contributed by atoms with Crippen molar-refractivity contribution in [1.29, 1.82) is 0 Å². The summed E-state index contributed by atoms with van der Waals surface area (Å²) in [5.41, 5.74) is 0. The van der Waals surface area contributed by atoms with Crippen molar-refractivity contribution in [2.45, 2.75) is 96.8 Å². The molecule has 4 nitrogen and oxygen atoms in total. The maximum absolute atomic E-state index is 12.1. The first-order valence-corrected chi connectivity index (χ1v) is 10.7. The lowest BCUT2D eigenvalue weighted by molar-refractivity contribution is -0.159. The molecule has 0 radical (unpaired) electrons. The molecule has 0 amide bonds. The van der Waals surface area contributed by atoms with Crippen molar-refractivity contribution in [1.82, 2.24) is 0 Å². The molecule has 1 aliphatic carbocycles. The van der Waals surface area contributed by atoms with Gasteiger partial charge < -0.3 is 9.84 Å². The third kappa shape index (κ3) is 9.98. The highest BCUT2D eigenvalue weighted by atomic mass is 16.5. The van der Waals surface area contributed by atoms with Crippen molar-refractivity contribution in [2.75, 3.05) is 6.61 Å². The van der Waals surface area contributed by atoms with E-state index in [0.717, 1.165) is 25.7 Å². The molecule has 1 fully saturated rings. The average Bonchev–Trinajstić information content (AvgIpc) is 2.65. The van der Waals surface area contributed by atoms with E-state index in [0.29, 0.717) is 19.4 Å². The molecule has 4 heteroatoms. The van der Waals surface area contributed by atoms with Gasteiger partial charge in [0.1, 0.15) is 0 Å². The molecule has 1 N–H and O–H groups in total. The van der Waals surface area contributed by atoms with Crippen LogP contribution >= 0.6 is 0 Å². The largest absolute Gasteiger partial charge is 0.481 e. The summed E-state index contributed by atoms with van der Waals surface area (Å²) in [6.45, 7) is 2.64. The maximum Gasteiger partial charge on any atom is 0.309 e. The Bertz CT molecular complexity index is 416. The molecule has 0 bridgehead atoms. The Morgan fingerprint density at radius 2 is 1.46 bits per heavy atom. The normalized spacial score (nSPS) is 20.3. The van der Waals surface area contributed by atoms with Crippen LogP contribution in [0.5, 0.6) is 0 Å². The lowest BCUT2D eigenvalue weighted by Gasteiger charge is -2.26. The number of ether oxygens (including phenoxy) is 1. The molecule has 0 heterocycles. The van der Waals surface area contributed by atoms with Crippen molar-refractivity contribution in [3.8, 4) is 0 Å². The minimum absolute atomic E-state index is 0.298. The van der Waals surface area contributed by atoms with Gasteiger partial charge in [0.15, 0.2) is 0 Å². The van der Waals surface area contributed by atoms with Gasteiger partial charge in [-0.05, 0) is 38.5 Å². The van der Waals surface area contributed by atoms with Gasteiger partial charge in [-0.2, -0.15) is 0 Å². The lowest BCUT2D eigenvalue weighted by Crippen LogP contribution is -2.33. The molecule has 26 heavy (non-hydrogen) atoms. The Labute approximate surface area is 159 Å². The van der Waals surface area contributed by atoms with Gasteiger partial charge in [-0.1, -0.05) is 70.4 Å². The second kappa shape index (κ2) is 14.8. The van der Waals surface area contributed by atoms with E-state index in [9.17, 15) is 14.7 Å². The Kier molecular flexibility index (Phi) is 12.9. The molecule has 1 aliphatic rings. The molecule has 2 atom stereocenters. The molecule has 0 aliphatic heterocycles. The van der Waals surface area contributed by atoms with E-state index < -0.39 is 17.8 Å². The van der Waals surface area contributed by atoms with Crippen LogP contribution in [-0.4, -0.2) is 23.7 Å². The number of unbranched alkanes of at least 4 members (excludes halogenated alkanes) is 8. The van der Waals surface area contributed by atoms with Gasteiger partial charge in [-0.25, -0.2) is 0 Å². The van der Waals surface area contributed by atoms with Gasteiger partial charge in [-0.15, -0.1) is 0 Å². The number of carboxylic acids is 1. The van der Waals surface area contributed by atoms with Gasteiger partial charge >= 0.3 is 11.9 Å². The first-order chi connectivity index (χ1) is 12.7. The van der Waals surface area contributed by atoms with Crippen LogP contribution in [0.25, 0.3) is 0 Å². The van der Waals surface area contributed by atoms with Crippen LogP contribution in [-0.2, 0) is 14.3 Å². The summed E-state index contributed by atoms with van der Waals surface area (Å²) in [5, 5.41) is 9.23. The summed E-state index contributed by atoms with van der Waals surface area (Å²) in [7, 11) is 0. The molecule has 150 valence electrons. The van der Waals surface area contributed by atoms with Crippen LogP contribution in [0.3, 0.4) is 0 Å². The van der Waals surface area contributed by atoms with Crippen LogP contribution in [0.4, 0.5) is 0 Å². The number of hydrogen-bond acceptors (Lipinski definition) is 3. The van der Waals surface area contributed by atoms with E-state index >= 15 is 0 Å². The van der Waals surface area contributed by atoms with Crippen LogP contribution in [0.2, 0.25) is 0 Å². The summed E-state index contributed by atoms with van der Waals surface area (Å²) in [4.78, 5) is 23.4. The highest BCUT2D eigenvalue weighted by molar-refractivity contribution is 5.81. The van der Waals surface area contributed by atoms with Crippen molar-refractivity contribution < 1.29 is 19.4 Å². The van der Waals surface area contributed by atoms with Gasteiger partial charge in [0, 0.05) is 0 Å². The van der Waals surface area contributed by atoms with Crippen LogP contribution in [0, 0.1) is 11.8 Å². The van der Waals surface area contributed by atoms with E-state index in [1.165, 1.54) is 51.4 Å². The summed E-state index contributed by atoms with van der Waals surface area (Å²) in [6.07, 6.45) is 19.6. The fourth-order valence-electron chi connectivity index (χ4n) is 3.64. The van der Waals surface area contributed by atoms with Crippen LogP contribution in [0.1, 0.15) is 96.8 Å². The molecule has 1 rings (SSSR count). The Morgan fingerprint density at radius 3 is 2.12 bits per heavy atom. The topological polar surface area (TPSA) is 63.6 Å². The quantitative estimate of drug-likeness (QED) is 0.236. The highest BCUT2D eigenvalue weighted by Gasteiger charge is 2.36. The summed E-state index contributed by atoms with van der Waals surface area (Å²) in [6, 6.07) is 0. The highest BCUT2D eigenvalue weighted by Crippen LogP contribution is 2.31. The van der Waals surface area contributed by atoms with Gasteiger partial charge in [0.2, 0.25) is 0 Å².